The maximum absolute atomic E-state index is 13.4. The van der Waals surface area contributed by atoms with Crippen LogP contribution in [-0.4, -0.2) is 24.2 Å². The van der Waals surface area contributed by atoms with Crippen LogP contribution >= 0.6 is 0 Å². The van der Waals surface area contributed by atoms with Crippen molar-refractivity contribution < 1.29 is 14.3 Å². The number of ether oxygens (including phenoxy) is 2. The summed E-state index contributed by atoms with van der Waals surface area (Å²) in [6.07, 6.45) is 1.76. The number of rotatable bonds is 10. The van der Waals surface area contributed by atoms with Gasteiger partial charge in [0.05, 0.1) is 12.6 Å². The van der Waals surface area contributed by atoms with E-state index in [4.69, 9.17) is 9.47 Å². The van der Waals surface area contributed by atoms with Crippen LogP contribution in [0.3, 0.4) is 0 Å². The number of nitrogens with one attached hydrogen (secondary N) is 1. The van der Waals surface area contributed by atoms with E-state index in [0.29, 0.717) is 6.61 Å². The fraction of sp³-hybridized carbons (Fsp3) is 0.276. The Morgan fingerprint density at radius 2 is 1.36 bits per heavy atom. The van der Waals surface area contributed by atoms with Gasteiger partial charge in [0.2, 0.25) is 0 Å². The molecule has 3 aromatic carbocycles. The molecule has 0 saturated carbocycles. The zero-order chi connectivity index (χ0) is 23.7. The summed E-state index contributed by atoms with van der Waals surface area (Å²) >= 11 is 0. The van der Waals surface area contributed by atoms with Crippen molar-refractivity contribution in [3.63, 3.8) is 0 Å². The number of carbonyl (C=O) groups is 1. The van der Waals surface area contributed by atoms with E-state index in [9.17, 15) is 4.79 Å². The molecule has 4 heteroatoms. The third-order valence-electron chi connectivity index (χ3n) is 5.19. The largest absolute Gasteiger partial charge is 0.493 e. The van der Waals surface area contributed by atoms with Crippen LogP contribution in [0.25, 0.3) is 0 Å². The van der Waals surface area contributed by atoms with Crippen LogP contribution in [0.1, 0.15) is 37.9 Å². The predicted molar refractivity (Wildman–Crippen MR) is 133 cm³/mol. The first kappa shape index (κ1) is 24.3. The number of hydrogen-bond acceptors (Lipinski definition) is 4. The maximum Gasteiger partial charge on any atom is 0.324 e. The van der Waals surface area contributed by atoms with Crippen molar-refractivity contribution in [2.75, 3.05) is 6.61 Å². The summed E-state index contributed by atoms with van der Waals surface area (Å²) in [4.78, 5) is 13.4. The highest BCUT2D eigenvalue weighted by Gasteiger charge is 2.34. The number of esters is 1. The molecular formula is C29H33NO3. The zero-order valence-corrected chi connectivity index (χ0v) is 19.6. The normalized spacial score (nSPS) is 13.2. The van der Waals surface area contributed by atoms with Crippen LogP contribution < -0.4 is 10.1 Å². The van der Waals surface area contributed by atoms with Gasteiger partial charge >= 0.3 is 5.97 Å². The van der Waals surface area contributed by atoms with E-state index < -0.39 is 11.6 Å². The Morgan fingerprint density at radius 1 is 0.879 bits per heavy atom. The van der Waals surface area contributed by atoms with Gasteiger partial charge in [0, 0.05) is 5.92 Å². The monoisotopic (exact) mass is 443 g/mol. The molecule has 0 bridgehead atoms. The second kappa shape index (κ2) is 11.5. The molecule has 4 nitrogen and oxygen atoms in total. The predicted octanol–water partition coefficient (Wildman–Crippen LogP) is 5.96. The average Bonchev–Trinajstić information content (AvgIpc) is 2.82. The van der Waals surface area contributed by atoms with E-state index >= 15 is 0 Å². The molecule has 3 rings (SSSR count). The third-order valence-corrected chi connectivity index (χ3v) is 5.19. The Labute approximate surface area is 197 Å². The average molecular weight is 444 g/mol. The Balaban J connectivity index is 1.92. The number of hydrogen-bond donors (Lipinski definition) is 1. The van der Waals surface area contributed by atoms with Gasteiger partial charge in [-0.15, -0.1) is 6.58 Å². The van der Waals surface area contributed by atoms with Crippen molar-refractivity contribution in [2.45, 2.75) is 38.5 Å². The smallest absolute Gasteiger partial charge is 0.324 e. The summed E-state index contributed by atoms with van der Waals surface area (Å²) in [5.41, 5.74) is 1.51. The van der Waals surface area contributed by atoms with Crippen LogP contribution in [0.5, 0.6) is 5.75 Å². The van der Waals surface area contributed by atoms with Crippen LogP contribution in [-0.2, 0) is 9.53 Å². The molecular weight excluding hydrogens is 410 g/mol. The molecule has 0 aromatic heterocycles. The molecule has 3 aromatic rings. The molecule has 2 atom stereocenters. The fourth-order valence-electron chi connectivity index (χ4n) is 3.60. The van der Waals surface area contributed by atoms with E-state index in [1.165, 1.54) is 0 Å². The summed E-state index contributed by atoms with van der Waals surface area (Å²) in [6.45, 7) is 9.91. The van der Waals surface area contributed by atoms with Gasteiger partial charge in [0.1, 0.15) is 17.4 Å². The molecule has 0 heterocycles. The van der Waals surface area contributed by atoms with Crippen LogP contribution in [0.15, 0.2) is 104 Å². The number of benzene rings is 3. The first-order valence-corrected chi connectivity index (χ1v) is 11.3. The molecule has 1 N–H and O–H groups in total. The Kier molecular flexibility index (Phi) is 8.45. The van der Waals surface area contributed by atoms with Crippen LogP contribution in [0, 0.1) is 5.92 Å². The van der Waals surface area contributed by atoms with Crippen molar-refractivity contribution in [1.29, 1.82) is 0 Å². The first-order valence-electron chi connectivity index (χ1n) is 11.3. The second-order valence-electron chi connectivity index (χ2n) is 8.96. The standard InChI is InChI=1S/C29H33NO3/c1-5-22(21-32-25-19-13-8-14-20-25)27(28(31)33-29(2,3)4)30-26(23-15-9-6-10-16-23)24-17-11-7-12-18-24/h5-20,22,26-27,30H,1,21H2,2-4H3/t22-,27-/m0/s1. The van der Waals surface area contributed by atoms with Gasteiger partial charge in [0.25, 0.3) is 0 Å². The van der Waals surface area contributed by atoms with Crippen molar-refractivity contribution in [2.24, 2.45) is 5.92 Å². The summed E-state index contributed by atoms with van der Waals surface area (Å²) < 4.78 is 11.8. The minimum atomic E-state index is -0.657. The second-order valence-corrected chi connectivity index (χ2v) is 8.96. The molecule has 0 aliphatic rings. The summed E-state index contributed by atoms with van der Waals surface area (Å²) in [5, 5.41) is 3.57. The van der Waals surface area contributed by atoms with E-state index in [0.717, 1.165) is 16.9 Å². The fourth-order valence-corrected chi connectivity index (χ4v) is 3.60. The molecule has 0 aliphatic heterocycles. The lowest BCUT2D eigenvalue weighted by molar-refractivity contribution is -0.159. The van der Waals surface area contributed by atoms with Gasteiger partial charge in [0.15, 0.2) is 0 Å². The Bertz CT molecular complexity index is 958. The lowest BCUT2D eigenvalue weighted by atomic mass is 9.94. The lowest BCUT2D eigenvalue weighted by Gasteiger charge is -2.32. The molecule has 0 fully saturated rings. The van der Waals surface area contributed by atoms with E-state index in [2.05, 4.69) is 36.2 Å². The molecule has 0 amide bonds. The molecule has 0 unspecified atom stereocenters. The lowest BCUT2D eigenvalue weighted by Crippen LogP contribution is -2.48. The molecule has 0 aliphatic carbocycles. The minimum absolute atomic E-state index is 0.205. The highest BCUT2D eigenvalue weighted by Crippen LogP contribution is 2.25. The third kappa shape index (κ3) is 7.33. The van der Waals surface area contributed by atoms with Crippen molar-refractivity contribution in [1.82, 2.24) is 5.32 Å². The van der Waals surface area contributed by atoms with Crippen molar-refractivity contribution >= 4 is 5.97 Å². The van der Waals surface area contributed by atoms with Crippen molar-refractivity contribution in [3.8, 4) is 5.75 Å². The number of para-hydroxylation sites is 1. The first-order chi connectivity index (χ1) is 15.9. The van der Waals surface area contributed by atoms with Gasteiger partial charge in [-0.1, -0.05) is 84.9 Å². The summed E-state index contributed by atoms with van der Waals surface area (Å²) in [7, 11) is 0. The highest BCUT2D eigenvalue weighted by molar-refractivity contribution is 5.77. The van der Waals surface area contributed by atoms with E-state index in [1.807, 2.05) is 87.5 Å². The molecule has 33 heavy (non-hydrogen) atoms. The SMILES string of the molecule is C=C[C@@H](COc1ccccc1)[C@H](NC(c1ccccc1)c1ccccc1)C(=O)OC(C)(C)C. The van der Waals surface area contributed by atoms with Crippen molar-refractivity contribution in [3.05, 3.63) is 115 Å². The maximum atomic E-state index is 13.4. The molecule has 172 valence electrons. The molecule has 0 saturated heterocycles. The zero-order valence-electron chi connectivity index (χ0n) is 19.6. The van der Waals surface area contributed by atoms with Gasteiger partial charge < -0.3 is 9.47 Å². The van der Waals surface area contributed by atoms with Gasteiger partial charge in [-0.25, -0.2) is 0 Å². The van der Waals surface area contributed by atoms with Crippen LogP contribution in [0.2, 0.25) is 0 Å². The number of carbonyl (C=O) groups excluding carboxylic acids is 1. The Hall–Kier alpha value is -3.37. The van der Waals surface area contributed by atoms with Crippen LogP contribution in [0.4, 0.5) is 0 Å². The Morgan fingerprint density at radius 3 is 1.82 bits per heavy atom. The highest BCUT2D eigenvalue weighted by atomic mass is 16.6. The van der Waals surface area contributed by atoms with E-state index in [1.54, 1.807) is 6.08 Å². The summed E-state index contributed by atoms with van der Waals surface area (Å²) in [6, 6.07) is 28.9. The van der Waals surface area contributed by atoms with Gasteiger partial charge in [-0.3, -0.25) is 10.1 Å². The molecule has 0 radical (unpaired) electrons. The van der Waals surface area contributed by atoms with Gasteiger partial charge in [-0.05, 0) is 44.0 Å². The topological polar surface area (TPSA) is 47.6 Å². The minimum Gasteiger partial charge on any atom is -0.493 e. The quantitative estimate of drug-likeness (QED) is 0.310. The molecule has 0 spiro atoms. The summed E-state index contributed by atoms with van der Waals surface area (Å²) in [5.74, 6) is 0.103. The van der Waals surface area contributed by atoms with E-state index in [-0.39, 0.29) is 17.9 Å². The van der Waals surface area contributed by atoms with Gasteiger partial charge in [-0.2, -0.15) is 0 Å².